The predicted molar refractivity (Wildman–Crippen MR) is 98.7 cm³/mol. The summed E-state index contributed by atoms with van der Waals surface area (Å²) >= 11 is 0. The molecule has 0 aliphatic carbocycles. The van der Waals surface area contributed by atoms with Gasteiger partial charge in [0.05, 0.1) is 4.90 Å². The van der Waals surface area contributed by atoms with Gasteiger partial charge in [-0.05, 0) is 48.2 Å². The molecule has 1 aliphatic rings. The van der Waals surface area contributed by atoms with E-state index < -0.39 is 10.0 Å². The zero-order valence-corrected chi connectivity index (χ0v) is 14.7. The molecular weight excluding hydrogens is 334 g/mol. The van der Waals surface area contributed by atoms with Crippen molar-refractivity contribution in [2.24, 2.45) is 5.14 Å². The Hall–Kier alpha value is -2.15. The van der Waals surface area contributed by atoms with Gasteiger partial charge in [0.15, 0.2) is 0 Å². The average Bonchev–Trinajstić information content (AvgIpc) is 3.21. The summed E-state index contributed by atoms with van der Waals surface area (Å²) in [4.78, 5) is 5.90. The SMILES string of the molecule is NS(=O)(=O)c1cccc(CN2CC[C@H](c3c[nH]c4ccccc34)C2)c1. The second-order valence-corrected chi connectivity index (χ2v) is 8.26. The van der Waals surface area contributed by atoms with E-state index in [1.165, 1.54) is 22.5 Å². The topological polar surface area (TPSA) is 79.2 Å². The van der Waals surface area contributed by atoms with E-state index in [0.717, 1.165) is 31.6 Å². The number of nitrogens with zero attached hydrogens (tertiary/aromatic N) is 1. The van der Waals surface area contributed by atoms with E-state index >= 15 is 0 Å². The van der Waals surface area contributed by atoms with Gasteiger partial charge in [0.1, 0.15) is 0 Å². The van der Waals surface area contributed by atoms with Crippen LogP contribution in [-0.2, 0) is 16.6 Å². The Morgan fingerprint density at radius 3 is 2.84 bits per heavy atom. The number of primary sulfonamides is 1. The molecule has 3 aromatic rings. The third-order valence-corrected chi connectivity index (χ3v) is 5.88. The van der Waals surface area contributed by atoms with E-state index in [9.17, 15) is 8.42 Å². The molecule has 2 heterocycles. The molecule has 1 aromatic heterocycles. The number of sulfonamides is 1. The number of nitrogens with one attached hydrogen (secondary N) is 1. The van der Waals surface area contributed by atoms with E-state index in [1.54, 1.807) is 12.1 Å². The van der Waals surface area contributed by atoms with Crippen LogP contribution in [0.5, 0.6) is 0 Å². The fourth-order valence-corrected chi connectivity index (χ4v) is 4.32. The number of nitrogens with two attached hydrogens (primary N) is 1. The highest BCUT2D eigenvalue weighted by molar-refractivity contribution is 7.89. The molecule has 0 spiro atoms. The largest absolute Gasteiger partial charge is 0.361 e. The third-order valence-electron chi connectivity index (χ3n) is 4.97. The Balaban J connectivity index is 1.50. The van der Waals surface area contributed by atoms with Gasteiger partial charge in [-0.1, -0.05) is 30.3 Å². The lowest BCUT2D eigenvalue weighted by atomic mass is 9.98. The van der Waals surface area contributed by atoms with Gasteiger partial charge in [-0.3, -0.25) is 4.90 Å². The molecule has 25 heavy (non-hydrogen) atoms. The summed E-state index contributed by atoms with van der Waals surface area (Å²) in [5.74, 6) is 0.498. The van der Waals surface area contributed by atoms with E-state index in [-0.39, 0.29) is 4.90 Å². The van der Waals surface area contributed by atoms with Crippen LogP contribution in [0.2, 0.25) is 0 Å². The zero-order valence-electron chi connectivity index (χ0n) is 13.9. The number of H-pyrrole nitrogens is 1. The fraction of sp³-hybridized carbons (Fsp3) is 0.263. The Morgan fingerprint density at radius 2 is 2.00 bits per heavy atom. The molecule has 2 aromatic carbocycles. The van der Waals surface area contributed by atoms with Gasteiger partial charge in [0, 0.05) is 30.2 Å². The lowest BCUT2D eigenvalue weighted by Crippen LogP contribution is -2.20. The van der Waals surface area contributed by atoms with Crippen LogP contribution >= 0.6 is 0 Å². The van der Waals surface area contributed by atoms with Crippen molar-refractivity contribution in [3.05, 3.63) is 65.9 Å². The lowest BCUT2D eigenvalue weighted by molar-refractivity contribution is 0.327. The highest BCUT2D eigenvalue weighted by Gasteiger charge is 2.26. The van der Waals surface area contributed by atoms with Crippen LogP contribution < -0.4 is 5.14 Å². The fourth-order valence-electron chi connectivity index (χ4n) is 3.74. The second kappa shape index (κ2) is 6.29. The van der Waals surface area contributed by atoms with Gasteiger partial charge in [0.25, 0.3) is 0 Å². The van der Waals surface area contributed by atoms with Crippen molar-refractivity contribution in [2.75, 3.05) is 13.1 Å². The van der Waals surface area contributed by atoms with Crippen molar-refractivity contribution in [3.63, 3.8) is 0 Å². The molecular formula is C19H21N3O2S. The molecule has 0 amide bonds. The summed E-state index contributed by atoms with van der Waals surface area (Å²) in [5, 5.41) is 6.52. The van der Waals surface area contributed by atoms with Crippen LogP contribution in [0.15, 0.2) is 59.6 Å². The van der Waals surface area contributed by atoms with E-state index in [0.29, 0.717) is 5.92 Å². The molecule has 130 valence electrons. The number of benzene rings is 2. The minimum Gasteiger partial charge on any atom is -0.361 e. The van der Waals surface area contributed by atoms with Crippen molar-refractivity contribution in [1.82, 2.24) is 9.88 Å². The molecule has 0 saturated carbocycles. The van der Waals surface area contributed by atoms with Crippen LogP contribution in [-0.4, -0.2) is 31.4 Å². The maximum Gasteiger partial charge on any atom is 0.238 e. The molecule has 0 radical (unpaired) electrons. The first-order valence-electron chi connectivity index (χ1n) is 8.41. The van der Waals surface area contributed by atoms with Crippen molar-refractivity contribution in [3.8, 4) is 0 Å². The Morgan fingerprint density at radius 1 is 1.16 bits per heavy atom. The molecule has 4 rings (SSSR count). The number of likely N-dealkylation sites (tertiary alicyclic amines) is 1. The van der Waals surface area contributed by atoms with E-state index in [2.05, 4.69) is 34.3 Å². The summed E-state index contributed by atoms with van der Waals surface area (Å²) < 4.78 is 23.0. The van der Waals surface area contributed by atoms with Gasteiger partial charge in [-0.2, -0.15) is 0 Å². The average molecular weight is 355 g/mol. The molecule has 0 bridgehead atoms. The van der Waals surface area contributed by atoms with Crippen LogP contribution in [0.1, 0.15) is 23.5 Å². The lowest BCUT2D eigenvalue weighted by Gasteiger charge is -2.16. The number of fused-ring (bicyclic) bond motifs is 1. The number of hydrogen-bond donors (Lipinski definition) is 2. The van der Waals surface area contributed by atoms with E-state index in [1.807, 2.05) is 12.1 Å². The molecule has 1 saturated heterocycles. The first-order chi connectivity index (χ1) is 12.0. The van der Waals surface area contributed by atoms with Crippen molar-refractivity contribution in [1.29, 1.82) is 0 Å². The summed E-state index contributed by atoms with van der Waals surface area (Å²) in [6.45, 7) is 2.72. The summed E-state index contributed by atoms with van der Waals surface area (Å²) in [6, 6.07) is 15.3. The van der Waals surface area contributed by atoms with Crippen LogP contribution in [0.3, 0.4) is 0 Å². The summed E-state index contributed by atoms with van der Waals surface area (Å²) in [5.41, 5.74) is 3.53. The molecule has 1 atom stereocenters. The Kier molecular flexibility index (Phi) is 4.11. The minimum atomic E-state index is -3.65. The maximum absolute atomic E-state index is 11.5. The number of hydrogen-bond acceptors (Lipinski definition) is 3. The first-order valence-corrected chi connectivity index (χ1v) is 9.95. The van der Waals surface area contributed by atoms with Gasteiger partial charge >= 0.3 is 0 Å². The molecule has 1 fully saturated rings. The van der Waals surface area contributed by atoms with Crippen LogP contribution in [0.4, 0.5) is 0 Å². The van der Waals surface area contributed by atoms with Gasteiger partial charge < -0.3 is 4.98 Å². The van der Waals surface area contributed by atoms with Crippen molar-refractivity contribution >= 4 is 20.9 Å². The van der Waals surface area contributed by atoms with Gasteiger partial charge in [-0.15, -0.1) is 0 Å². The number of para-hydroxylation sites is 1. The molecule has 0 unspecified atom stereocenters. The van der Waals surface area contributed by atoms with Gasteiger partial charge in [-0.25, -0.2) is 13.6 Å². The quantitative estimate of drug-likeness (QED) is 0.755. The molecule has 6 heteroatoms. The van der Waals surface area contributed by atoms with Crippen molar-refractivity contribution < 1.29 is 8.42 Å². The number of aromatic amines is 1. The molecule has 1 aliphatic heterocycles. The monoisotopic (exact) mass is 355 g/mol. The third kappa shape index (κ3) is 3.33. The van der Waals surface area contributed by atoms with Crippen molar-refractivity contribution in [2.45, 2.75) is 23.8 Å². The highest BCUT2D eigenvalue weighted by Crippen LogP contribution is 2.33. The Bertz CT molecular complexity index is 1010. The first kappa shape index (κ1) is 16.3. The number of rotatable bonds is 4. The predicted octanol–water partition coefficient (Wildman–Crippen LogP) is 2.80. The zero-order chi connectivity index (χ0) is 17.4. The molecule has 5 nitrogen and oxygen atoms in total. The van der Waals surface area contributed by atoms with E-state index in [4.69, 9.17) is 5.14 Å². The smallest absolute Gasteiger partial charge is 0.238 e. The summed E-state index contributed by atoms with van der Waals surface area (Å²) in [7, 11) is -3.65. The van der Waals surface area contributed by atoms with Gasteiger partial charge in [0.2, 0.25) is 10.0 Å². The molecule has 3 N–H and O–H groups in total. The maximum atomic E-state index is 11.5. The Labute approximate surface area is 147 Å². The summed E-state index contributed by atoms with van der Waals surface area (Å²) in [6.07, 6.45) is 3.23. The van der Waals surface area contributed by atoms with Crippen LogP contribution in [0, 0.1) is 0 Å². The highest BCUT2D eigenvalue weighted by atomic mass is 32.2. The minimum absolute atomic E-state index is 0.178. The van der Waals surface area contributed by atoms with Crippen LogP contribution in [0.25, 0.3) is 10.9 Å². The standard InChI is InChI=1S/C19H21N3O2S/c20-25(23,24)16-5-3-4-14(10-16)12-22-9-8-15(13-22)18-11-21-19-7-2-1-6-17(18)19/h1-7,10-11,15,21H,8-9,12-13H2,(H2,20,23,24)/t15-/m0/s1. The number of aromatic nitrogens is 1. The normalized spacial score (nSPS) is 18.8. The second-order valence-electron chi connectivity index (χ2n) is 6.70.